The maximum absolute atomic E-state index is 5.87. The third kappa shape index (κ3) is 4.45. The van der Waals surface area contributed by atoms with Gasteiger partial charge in [0.2, 0.25) is 0 Å². The molecule has 1 aromatic carbocycles. The molecule has 1 saturated heterocycles. The van der Waals surface area contributed by atoms with E-state index in [1.54, 1.807) is 14.2 Å². The summed E-state index contributed by atoms with van der Waals surface area (Å²) in [4.78, 5) is 4.39. The lowest BCUT2D eigenvalue weighted by Gasteiger charge is -2.54. The molecule has 1 saturated carbocycles. The summed E-state index contributed by atoms with van der Waals surface area (Å²) in [5.41, 5.74) is 1.33. The summed E-state index contributed by atoms with van der Waals surface area (Å²) in [7, 11) is 5.13. The first-order valence-corrected chi connectivity index (χ1v) is 9.31. The predicted molar refractivity (Wildman–Crippen MR) is 119 cm³/mol. The van der Waals surface area contributed by atoms with Crippen LogP contribution in [0.25, 0.3) is 0 Å². The van der Waals surface area contributed by atoms with E-state index in [9.17, 15) is 0 Å². The topological polar surface area (TPSA) is 64.1 Å². The minimum atomic E-state index is 0. The summed E-state index contributed by atoms with van der Waals surface area (Å²) in [6.07, 6.45) is 2.39. The number of nitrogens with zero attached hydrogens (tertiary/aromatic N) is 1. The molecule has 6 nitrogen and oxygen atoms in total. The summed E-state index contributed by atoms with van der Waals surface area (Å²) < 4.78 is 16.5. The van der Waals surface area contributed by atoms with Gasteiger partial charge in [0.05, 0.1) is 20.3 Å². The highest BCUT2D eigenvalue weighted by Crippen LogP contribution is 2.52. The number of hydrogen-bond donors (Lipinski definition) is 2. The fourth-order valence-electron chi connectivity index (χ4n) is 4.32. The highest BCUT2D eigenvalue weighted by atomic mass is 127. The maximum atomic E-state index is 5.87. The van der Waals surface area contributed by atoms with Gasteiger partial charge >= 0.3 is 0 Å². The summed E-state index contributed by atoms with van der Waals surface area (Å²) in [6.45, 7) is 6.22. The molecule has 1 aliphatic carbocycles. The molecule has 0 spiro atoms. The second-order valence-electron chi connectivity index (χ2n) is 7.63. The van der Waals surface area contributed by atoms with E-state index in [4.69, 9.17) is 14.2 Å². The molecule has 152 valence electrons. The second kappa shape index (κ2) is 9.32. The van der Waals surface area contributed by atoms with Crippen LogP contribution in [0.5, 0.6) is 11.5 Å². The Balaban J connectivity index is 0.00000261. The normalized spacial score (nSPS) is 25.7. The maximum Gasteiger partial charge on any atom is 0.191 e. The highest BCUT2D eigenvalue weighted by Gasteiger charge is 2.59. The minimum absolute atomic E-state index is 0. The Morgan fingerprint density at radius 1 is 1.26 bits per heavy atom. The van der Waals surface area contributed by atoms with Crippen LogP contribution in [-0.4, -0.2) is 52.5 Å². The lowest BCUT2D eigenvalue weighted by atomic mass is 9.57. The minimum Gasteiger partial charge on any atom is -0.493 e. The smallest absolute Gasteiger partial charge is 0.191 e. The molecule has 27 heavy (non-hydrogen) atoms. The van der Waals surface area contributed by atoms with Gasteiger partial charge in [-0.25, -0.2) is 0 Å². The van der Waals surface area contributed by atoms with Crippen LogP contribution in [0.3, 0.4) is 0 Å². The first-order chi connectivity index (χ1) is 12.5. The van der Waals surface area contributed by atoms with E-state index in [1.165, 1.54) is 5.56 Å². The summed E-state index contributed by atoms with van der Waals surface area (Å²) in [5.74, 6) is 2.96. The van der Waals surface area contributed by atoms with Gasteiger partial charge in [-0.05, 0) is 30.5 Å². The fraction of sp³-hybridized carbons (Fsp3) is 0.650. The Labute approximate surface area is 179 Å². The Morgan fingerprint density at radius 3 is 2.67 bits per heavy atom. The van der Waals surface area contributed by atoms with E-state index in [2.05, 4.69) is 35.5 Å². The van der Waals surface area contributed by atoms with E-state index < -0.39 is 0 Å². The third-order valence-electron chi connectivity index (χ3n) is 5.77. The number of nitrogens with one attached hydrogen (secondary N) is 2. The molecule has 3 atom stereocenters. The van der Waals surface area contributed by atoms with Gasteiger partial charge in [0.25, 0.3) is 0 Å². The van der Waals surface area contributed by atoms with Crippen LogP contribution in [0.1, 0.15) is 25.8 Å². The van der Waals surface area contributed by atoms with Gasteiger partial charge in [-0.15, -0.1) is 24.0 Å². The summed E-state index contributed by atoms with van der Waals surface area (Å²) in [5, 5.41) is 7.03. The molecule has 0 amide bonds. The molecule has 7 heteroatoms. The van der Waals surface area contributed by atoms with E-state index >= 15 is 0 Å². The van der Waals surface area contributed by atoms with E-state index in [-0.39, 0.29) is 29.4 Å². The summed E-state index contributed by atoms with van der Waals surface area (Å²) in [6, 6.07) is 6.43. The highest BCUT2D eigenvalue weighted by molar-refractivity contribution is 14.0. The molecule has 1 aliphatic heterocycles. The van der Waals surface area contributed by atoms with Crippen LogP contribution < -0.4 is 20.1 Å². The molecule has 3 unspecified atom stereocenters. The van der Waals surface area contributed by atoms with E-state index in [1.807, 2.05) is 19.2 Å². The van der Waals surface area contributed by atoms with Crippen molar-refractivity contribution in [1.82, 2.24) is 10.6 Å². The zero-order chi connectivity index (χ0) is 18.7. The quantitative estimate of drug-likeness (QED) is 0.366. The van der Waals surface area contributed by atoms with Gasteiger partial charge in [0.1, 0.15) is 0 Å². The van der Waals surface area contributed by atoms with Gasteiger partial charge in [0, 0.05) is 37.6 Å². The predicted octanol–water partition coefficient (Wildman–Crippen LogP) is 2.84. The molecule has 1 heterocycles. The Kier molecular flexibility index (Phi) is 7.62. The number of guanidine groups is 1. The van der Waals surface area contributed by atoms with E-state index in [0.717, 1.165) is 43.5 Å². The van der Waals surface area contributed by atoms with Crippen molar-refractivity contribution in [1.29, 1.82) is 0 Å². The van der Waals surface area contributed by atoms with Crippen LogP contribution >= 0.6 is 24.0 Å². The number of rotatable bonds is 6. The number of fused-ring (bicyclic) bond motifs is 1. The van der Waals surface area contributed by atoms with Crippen LogP contribution in [0.4, 0.5) is 0 Å². The molecule has 0 bridgehead atoms. The zero-order valence-corrected chi connectivity index (χ0v) is 19.2. The van der Waals surface area contributed by atoms with Crippen LogP contribution in [0.15, 0.2) is 23.2 Å². The number of hydrogen-bond acceptors (Lipinski definition) is 4. The van der Waals surface area contributed by atoms with Gasteiger partial charge in [0.15, 0.2) is 17.5 Å². The number of aliphatic imine (C=N–C) groups is 1. The molecule has 2 fully saturated rings. The van der Waals surface area contributed by atoms with Gasteiger partial charge in [-0.1, -0.05) is 19.9 Å². The number of ether oxygens (including phenoxy) is 3. The van der Waals surface area contributed by atoms with Crippen molar-refractivity contribution in [2.75, 3.05) is 34.4 Å². The van der Waals surface area contributed by atoms with Crippen molar-refractivity contribution in [2.45, 2.75) is 38.8 Å². The van der Waals surface area contributed by atoms with Crippen molar-refractivity contribution in [2.24, 2.45) is 16.3 Å². The van der Waals surface area contributed by atoms with Crippen LogP contribution in [0, 0.1) is 11.3 Å². The van der Waals surface area contributed by atoms with Gasteiger partial charge < -0.3 is 24.8 Å². The number of halogens is 1. The molecule has 2 aliphatic rings. The SMILES string of the molecule is CN=C(NCCc1ccc(OC)c(OC)c1)NC1C2CCOC2C1(C)C.I. The lowest BCUT2D eigenvalue weighted by molar-refractivity contribution is -0.106. The Bertz CT molecular complexity index is 666. The lowest BCUT2D eigenvalue weighted by Crippen LogP contribution is -2.68. The first-order valence-electron chi connectivity index (χ1n) is 9.31. The average Bonchev–Trinajstić information content (AvgIpc) is 3.11. The first kappa shape index (κ1) is 22.1. The monoisotopic (exact) mass is 489 g/mol. The van der Waals surface area contributed by atoms with Crippen LogP contribution in [-0.2, 0) is 11.2 Å². The van der Waals surface area contributed by atoms with Crippen molar-refractivity contribution in [3.8, 4) is 11.5 Å². The third-order valence-corrected chi connectivity index (χ3v) is 5.77. The van der Waals surface area contributed by atoms with Crippen molar-refractivity contribution in [3.05, 3.63) is 23.8 Å². The molecule has 2 N–H and O–H groups in total. The molecule has 1 aromatic rings. The molecule has 0 aromatic heterocycles. The Hall–Kier alpha value is -1.22. The fourth-order valence-corrected chi connectivity index (χ4v) is 4.32. The largest absolute Gasteiger partial charge is 0.493 e. The number of methoxy groups -OCH3 is 2. The van der Waals surface area contributed by atoms with Crippen molar-refractivity contribution >= 4 is 29.9 Å². The zero-order valence-electron chi connectivity index (χ0n) is 16.9. The van der Waals surface area contributed by atoms with Gasteiger partial charge in [-0.2, -0.15) is 0 Å². The average molecular weight is 489 g/mol. The van der Waals surface area contributed by atoms with Crippen molar-refractivity contribution in [3.63, 3.8) is 0 Å². The summed E-state index contributed by atoms with van der Waals surface area (Å²) >= 11 is 0. The van der Waals surface area contributed by atoms with Crippen molar-refractivity contribution < 1.29 is 14.2 Å². The van der Waals surface area contributed by atoms with Gasteiger partial charge in [-0.3, -0.25) is 4.99 Å². The number of benzene rings is 1. The molecular weight excluding hydrogens is 457 g/mol. The molecule has 3 rings (SSSR count). The molecule has 0 radical (unpaired) electrons. The second-order valence-corrected chi connectivity index (χ2v) is 7.63. The van der Waals surface area contributed by atoms with Crippen LogP contribution in [0.2, 0.25) is 0 Å². The molecular formula is C20H32IN3O3. The standard InChI is InChI=1S/C20H31N3O3.HI/c1-20(2)17(14-9-11-26-18(14)20)23-19(21-3)22-10-8-13-6-7-15(24-4)16(12-13)25-5;/h6-7,12,14,17-18H,8-11H2,1-5H3,(H2,21,22,23);1H. The van der Waals surface area contributed by atoms with E-state index in [0.29, 0.717) is 18.1 Å². The Morgan fingerprint density at radius 2 is 2.00 bits per heavy atom.